The predicted molar refractivity (Wildman–Crippen MR) is 101 cm³/mol. The van der Waals surface area contributed by atoms with Crippen molar-refractivity contribution in [2.75, 3.05) is 13.2 Å². The van der Waals surface area contributed by atoms with Crippen molar-refractivity contribution in [1.29, 1.82) is 0 Å². The van der Waals surface area contributed by atoms with Gasteiger partial charge in [0, 0.05) is 0 Å². The van der Waals surface area contributed by atoms with E-state index in [1.165, 1.54) is 31.0 Å². The Labute approximate surface area is 167 Å². The van der Waals surface area contributed by atoms with Gasteiger partial charge in [-0.2, -0.15) is 8.78 Å². The van der Waals surface area contributed by atoms with Crippen molar-refractivity contribution < 1.29 is 32.5 Å². The van der Waals surface area contributed by atoms with Crippen molar-refractivity contribution in [1.82, 2.24) is 0 Å². The number of carbonyl (C=O) groups excluding carboxylic acids is 1. The van der Waals surface area contributed by atoms with E-state index < -0.39 is 12.6 Å². The van der Waals surface area contributed by atoms with Crippen LogP contribution in [0.1, 0.15) is 36.0 Å². The second-order valence-electron chi connectivity index (χ2n) is 7.41. The van der Waals surface area contributed by atoms with Crippen LogP contribution in [0.4, 0.5) is 8.78 Å². The summed E-state index contributed by atoms with van der Waals surface area (Å²) in [5.74, 6) is 1.55. The summed E-state index contributed by atoms with van der Waals surface area (Å²) in [4.78, 5) is 12.5. The molecule has 0 atom stereocenters. The van der Waals surface area contributed by atoms with E-state index in [0.717, 1.165) is 18.6 Å². The van der Waals surface area contributed by atoms with Crippen LogP contribution < -0.4 is 18.9 Å². The summed E-state index contributed by atoms with van der Waals surface area (Å²) in [5, 5.41) is 0. The molecule has 0 saturated heterocycles. The van der Waals surface area contributed by atoms with E-state index in [9.17, 15) is 13.6 Å². The normalized spacial score (nSPS) is 15.8. The van der Waals surface area contributed by atoms with Gasteiger partial charge in [-0.15, -0.1) is 0 Å². The third kappa shape index (κ3) is 5.82. The highest BCUT2D eigenvalue weighted by molar-refractivity contribution is 5.91. The van der Waals surface area contributed by atoms with Crippen LogP contribution in [0, 0.1) is 11.8 Å². The number of halogens is 2. The molecule has 0 heterocycles. The minimum atomic E-state index is -2.98. The smallest absolute Gasteiger partial charge is 0.387 e. The summed E-state index contributed by atoms with van der Waals surface area (Å²) < 4.78 is 46.3. The Morgan fingerprint density at radius 3 is 2.10 bits per heavy atom. The summed E-state index contributed by atoms with van der Waals surface area (Å²) >= 11 is 0. The van der Waals surface area contributed by atoms with Gasteiger partial charge in [-0.25, -0.2) is 4.79 Å². The number of esters is 1. The second kappa shape index (κ2) is 8.68. The molecular formula is C22H22F2O5. The SMILES string of the molecule is O=C(Oc1ccc(OCC2CC2)cc1)c1ccc(OC(F)F)c(OCC2CC2)c1. The zero-order valence-electron chi connectivity index (χ0n) is 15.8. The average Bonchev–Trinajstić information content (AvgIpc) is 3.61. The van der Waals surface area contributed by atoms with E-state index >= 15 is 0 Å². The van der Waals surface area contributed by atoms with Gasteiger partial charge in [0.15, 0.2) is 11.5 Å². The molecule has 2 aliphatic carbocycles. The van der Waals surface area contributed by atoms with Crippen LogP contribution in [-0.2, 0) is 0 Å². The maximum atomic E-state index is 12.6. The number of hydrogen-bond acceptors (Lipinski definition) is 5. The fourth-order valence-corrected chi connectivity index (χ4v) is 2.70. The molecule has 0 amide bonds. The molecule has 0 aliphatic heterocycles. The first-order valence-electron chi connectivity index (χ1n) is 9.73. The van der Waals surface area contributed by atoms with E-state index in [-0.39, 0.29) is 17.1 Å². The third-order valence-electron chi connectivity index (χ3n) is 4.78. The average molecular weight is 404 g/mol. The molecule has 0 radical (unpaired) electrons. The van der Waals surface area contributed by atoms with Crippen molar-refractivity contribution in [2.45, 2.75) is 32.3 Å². The number of hydrogen-bond donors (Lipinski definition) is 0. The van der Waals surface area contributed by atoms with Gasteiger partial charge in [-0.05, 0) is 80.0 Å². The summed E-state index contributed by atoms with van der Waals surface area (Å²) in [6.07, 6.45) is 4.52. The molecule has 2 saturated carbocycles. The quantitative estimate of drug-likeness (QED) is 0.408. The molecule has 0 N–H and O–H groups in total. The fraction of sp³-hybridized carbons (Fsp3) is 0.409. The molecule has 2 aromatic carbocycles. The van der Waals surface area contributed by atoms with E-state index in [0.29, 0.717) is 30.8 Å². The monoisotopic (exact) mass is 404 g/mol. The fourth-order valence-electron chi connectivity index (χ4n) is 2.70. The number of carbonyl (C=O) groups is 1. The molecule has 29 heavy (non-hydrogen) atoms. The molecule has 0 spiro atoms. The second-order valence-corrected chi connectivity index (χ2v) is 7.41. The topological polar surface area (TPSA) is 54.0 Å². The largest absolute Gasteiger partial charge is 0.493 e. The number of ether oxygens (including phenoxy) is 4. The lowest BCUT2D eigenvalue weighted by Gasteiger charge is -2.13. The highest BCUT2D eigenvalue weighted by Gasteiger charge is 2.24. The lowest BCUT2D eigenvalue weighted by molar-refractivity contribution is -0.0515. The highest BCUT2D eigenvalue weighted by Crippen LogP contribution is 2.34. The summed E-state index contributed by atoms with van der Waals surface area (Å²) in [5.41, 5.74) is 0.187. The van der Waals surface area contributed by atoms with Gasteiger partial charge in [-0.3, -0.25) is 0 Å². The zero-order chi connectivity index (χ0) is 20.2. The minimum absolute atomic E-state index is 0.102. The molecule has 0 unspecified atom stereocenters. The van der Waals surface area contributed by atoms with Crippen LogP contribution in [-0.4, -0.2) is 25.8 Å². The first kappa shape index (κ1) is 19.5. The first-order chi connectivity index (χ1) is 14.1. The van der Waals surface area contributed by atoms with Gasteiger partial charge in [0.05, 0.1) is 18.8 Å². The van der Waals surface area contributed by atoms with Gasteiger partial charge >= 0.3 is 12.6 Å². The summed E-state index contributed by atoms with van der Waals surface area (Å²) in [6, 6.07) is 10.8. The Morgan fingerprint density at radius 2 is 1.48 bits per heavy atom. The Bertz CT molecular complexity index is 845. The van der Waals surface area contributed by atoms with E-state index in [4.69, 9.17) is 14.2 Å². The van der Waals surface area contributed by atoms with Crippen LogP contribution in [0.2, 0.25) is 0 Å². The molecule has 7 heteroatoms. The van der Waals surface area contributed by atoms with Crippen LogP contribution in [0.5, 0.6) is 23.0 Å². The van der Waals surface area contributed by atoms with Gasteiger partial charge in [0.2, 0.25) is 0 Å². The van der Waals surface area contributed by atoms with Crippen LogP contribution in [0.15, 0.2) is 42.5 Å². The van der Waals surface area contributed by atoms with Crippen molar-refractivity contribution >= 4 is 5.97 Å². The van der Waals surface area contributed by atoms with Crippen LogP contribution in [0.25, 0.3) is 0 Å². The van der Waals surface area contributed by atoms with E-state index in [2.05, 4.69) is 4.74 Å². The maximum absolute atomic E-state index is 12.6. The molecule has 0 aromatic heterocycles. The first-order valence-corrected chi connectivity index (χ1v) is 9.73. The third-order valence-corrected chi connectivity index (χ3v) is 4.78. The standard InChI is InChI=1S/C22H22F2O5/c23-22(24)29-19-10-5-16(11-20(19)27-13-15-3-4-15)21(25)28-18-8-6-17(7-9-18)26-12-14-1-2-14/h5-11,14-15,22H,1-4,12-13H2. The summed E-state index contributed by atoms with van der Waals surface area (Å²) in [6.45, 7) is -1.87. The minimum Gasteiger partial charge on any atom is -0.493 e. The van der Waals surface area contributed by atoms with Crippen molar-refractivity contribution in [3.05, 3.63) is 48.0 Å². The van der Waals surface area contributed by atoms with Gasteiger partial charge in [0.25, 0.3) is 0 Å². The Kier molecular flexibility index (Phi) is 5.83. The van der Waals surface area contributed by atoms with E-state index in [1.807, 2.05) is 0 Å². The van der Waals surface area contributed by atoms with E-state index in [1.54, 1.807) is 24.3 Å². The Morgan fingerprint density at radius 1 is 0.862 bits per heavy atom. The highest BCUT2D eigenvalue weighted by atomic mass is 19.3. The lowest BCUT2D eigenvalue weighted by Crippen LogP contribution is -2.11. The Balaban J connectivity index is 1.40. The summed E-state index contributed by atoms with van der Waals surface area (Å²) in [7, 11) is 0. The van der Waals surface area contributed by atoms with Gasteiger partial charge < -0.3 is 18.9 Å². The van der Waals surface area contributed by atoms with Crippen LogP contribution >= 0.6 is 0 Å². The molecule has 5 nitrogen and oxygen atoms in total. The van der Waals surface area contributed by atoms with Crippen molar-refractivity contribution in [3.8, 4) is 23.0 Å². The molecule has 4 rings (SSSR count). The predicted octanol–water partition coefficient (Wildman–Crippen LogP) is 5.08. The number of rotatable bonds is 10. The van der Waals surface area contributed by atoms with Gasteiger partial charge in [0.1, 0.15) is 11.5 Å². The molecule has 0 bridgehead atoms. The van der Waals surface area contributed by atoms with Gasteiger partial charge in [-0.1, -0.05) is 0 Å². The maximum Gasteiger partial charge on any atom is 0.387 e. The number of benzene rings is 2. The van der Waals surface area contributed by atoms with Crippen LogP contribution in [0.3, 0.4) is 0 Å². The molecule has 2 aromatic rings. The molecule has 2 fully saturated rings. The lowest BCUT2D eigenvalue weighted by atomic mass is 10.2. The molecule has 154 valence electrons. The zero-order valence-corrected chi connectivity index (χ0v) is 15.8. The molecule has 2 aliphatic rings. The van der Waals surface area contributed by atoms with Crippen molar-refractivity contribution in [3.63, 3.8) is 0 Å². The molecular weight excluding hydrogens is 382 g/mol. The Hall–Kier alpha value is -2.83. The van der Waals surface area contributed by atoms with Crippen molar-refractivity contribution in [2.24, 2.45) is 11.8 Å². The number of alkyl halides is 2.